The first kappa shape index (κ1) is 22.1. The van der Waals surface area contributed by atoms with Gasteiger partial charge in [-0.2, -0.15) is 0 Å². The van der Waals surface area contributed by atoms with Crippen LogP contribution in [-0.2, 0) is 13.2 Å². The first-order valence-corrected chi connectivity index (χ1v) is 11.4. The third-order valence-electron chi connectivity index (χ3n) is 5.92. The summed E-state index contributed by atoms with van der Waals surface area (Å²) in [4.78, 5) is 15.7. The third kappa shape index (κ3) is 3.81. The molecule has 7 nitrogen and oxygen atoms in total. The van der Waals surface area contributed by atoms with Gasteiger partial charge in [-0.15, -0.1) is 5.10 Å². The molecule has 0 aliphatic carbocycles. The van der Waals surface area contributed by atoms with Gasteiger partial charge in [-0.25, -0.2) is 9.25 Å². The minimum atomic E-state index is -0.116. The van der Waals surface area contributed by atoms with Crippen LogP contribution in [0.1, 0.15) is 11.1 Å². The zero-order valence-corrected chi connectivity index (χ0v) is 20.1. The van der Waals surface area contributed by atoms with Crippen molar-refractivity contribution in [3.05, 3.63) is 99.0 Å². The Balaban J connectivity index is 1.65. The molecule has 34 heavy (non-hydrogen) atoms. The monoisotopic (exact) mass is 471 g/mol. The fourth-order valence-corrected chi connectivity index (χ4v) is 4.58. The maximum Gasteiger partial charge on any atom is 0.267 e. The Hall–Kier alpha value is -3.75. The lowest BCUT2D eigenvalue weighted by atomic mass is 10.2. The van der Waals surface area contributed by atoms with Gasteiger partial charge in [0.05, 0.1) is 30.4 Å². The number of hydrogen-bond donors (Lipinski definition) is 0. The summed E-state index contributed by atoms with van der Waals surface area (Å²) in [5.41, 5.74) is 3.53. The van der Waals surface area contributed by atoms with Gasteiger partial charge >= 0.3 is 0 Å². The number of fused-ring (bicyclic) bond motifs is 3. The summed E-state index contributed by atoms with van der Waals surface area (Å²) in [5.74, 6) is 1.32. The first-order chi connectivity index (χ1) is 16.5. The van der Waals surface area contributed by atoms with Gasteiger partial charge in [0.15, 0.2) is 0 Å². The molecule has 0 fully saturated rings. The molecule has 0 spiro atoms. The zero-order valence-electron chi connectivity index (χ0n) is 19.3. The molecular weight excluding hydrogens is 446 g/mol. The highest BCUT2D eigenvalue weighted by Crippen LogP contribution is 2.20. The predicted molar refractivity (Wildman–Crippen MR) is 136 cm³/mol. The Kier molecular flexibility index (Phi) is 5.77. The molecule has 0 saturated carbocycles. The summed E-state index contributed by atoms with van der Waals surface area (Å²) in [6.07, 6.45) is 0. The molecule has 0 atom stereocenters. The van der Waals surface area contributed by atoms with Crippen LogP contribution in [0.15, 0.2) is 77.6 Å². The standard InChI is InChI=1S/C26H25N5O2S/c1-18-9-4-6-13-22(18)30-24(32)21-12-5-7-14-23(21)31-25(30)27-29(26(31)34)17-28(2)16-19-10-8-11-20(15-19)33-3/h4-15H,16-17H2,1-3H3. The Morgan fingerprint density at radius 3 is 2.59 bits per heavy atom. The van der Waals surface area contributed by atoms with Crippen molar-refractivity contribution in [2.75, 3.05) is 14.2 Å². The molecule has 0 N–H and O–H groups in total. The number of para-hydroxylation sites is 2. The summed E-state index contributed by atoms with van der Waals surface area (Å²) in [5, 5.41) is 5.42. The van der Waals surface area contributed by atoms with Crippen molar-refractivity contribution >= 4 is 28.9 Å². The largest absolute Gasteiger partial charge is 0.497 e. The molecule has 2 heterocycles. The van der Waals surface area contributed by atoms with E-state index < -0.39 is 0 Å². The Morgan fingerprint density at radius 1 is 1.03 bits per heavy atom. The van der Waals surface area contributed by atoms with E-state index in [1.165, 1.54) is 0 Å². The molecule has 5 aromatic rings. The van der Waals surface area contributed by atoms with Crippen LogP contribution in [0.3, 0.4) is 0 Å². The van der Waals surface area contributed by atoms with Crippen LogP contribution in [0.4, 0.5) is 0 Å². The number of nitrogens with zero attached hydrogens (tertiary/aromatic N) is 5. The minimum absolute atomic E-state index is 0.116. The highest BCUT2D eigenvalue weighted by molar-refractivity contribution is 7.71. The molecule has 8 heteroatoms. The number of hydrogen-bond acceptors (Lipinski definition) is 5. The van der Waals surface area contributed by atoms with Crippen molar-refractivity contribution < 1.29 is 4.74 Å². The summed E-state index contributed by atoms with van der Waals surface area (Å²) >= 11 is 5.86. The molecule has 0 unspecified atom stereocenters. The highest BCUT2D eigenvalue weighted by Gasteiger charge is 2.18. The van der Waals surface area contributed by atoms with Crippen LogP contribution in [0.25, 0.3) is 22.4 Å². The van der Waals surface area contributed by atoms with Crippen molar-refractivity contribution in [1.29, 1.82) is 0 Å². The molecule has 172 valence electrons. The van der Waals surface area contributed by atoms with Crippen LogP contribution in [0.2, 0.25) is 0 Å². The number of methoxy groups -OCH3 is 1. The van der Waals surface area contributed by atoms with Gasteiger partial charge in [-0.3, -0.25) is 14.1 Å². The van der Waals surface area contributed by atoms with Gasteiger partial charge < -0.3 is 4.74 Å². The third-order valence-corrected chi connectivity index (χ3v) is 6.31. The molecule has 0 radical (unpaired) electrons. The number of aromatic nitrogens is 4. The molecule has 2 aromatic heterocycles. The second-order valence-electron chi connectivity index (χ2n) is 8.37. The highest BCUT2D eigenvalue weighted by atomic mass is 32.1. The molecule has 0 aliphatic heterocycles. The summed E-state index contributed by atoms with van der Waals surface area (Å²) in [7, 11) is 3.68. The summed E-state index contributed by atoms with van der Waals surface area (Å²) in [6, 6.07) is 23.3. The quantitative estimate of drug-likeness (QED) is 0.340. The van der Waals surface area contributed by atoms with Crippen LogP contribution < -0.4 is 10.3 Å². The minimum Gasteiger partial charge on any atom is -0.497 e. The number of aryl methyl sites for hydroxylation is 1. The second kappa shape index (κ2) is 8.89. The van der Waals surface area contributed by atoms with Crippen LogP contribution in [0.5, 0.6) is 5.75 Å². The molecule has 5 rings (SSSR count). The van der Waals surface area contributed by atoms with E-state index in [4.69, 9.17) is 22.1 Å². The average Bonchev–Trinajstić information content (AvgIpc) is 3.16. The lowest BCUT2D eigenvalue weighted by Gasteiger charge is -2.16. The van der Waals surface area contributed by atoms with Gasteiger partial charge in [-0.05, 0) is 67.6 Å². The van der Waals surface area contributed by atoms with Crippen molar-refractivity contribution in [2.24, 2.45) is 0 Å². The maximum atomic E-state index is 13.6. The van der Waals surface area contributed by atoms with Gasteiger partial charge in [0.1, 0.15) is 5.75 Å². The van der Waals surface area contributed by atoms with Gasteiger partial charge in [-0.1, -0.05) is 42.5 Å². The Labute approximate surface area is 202 Å². The first-order valence-electron chi connectivity index (χ1n) is 11.0. The topological polar surface area (TPSA) is 56.7 Å². The van der Waals surface area contributed by atoms with Crippen molar-refractivity contribution in [3.63, 3.8) is 0 Å². The average molecular weight is 472 g/mol. The predicted octanol–water partition coefficient (Wildman–Crippen LogP) is 4.58. The van der Waals surface area contributed by atoms with E-state index in [0.29, 0.717) is 29.1 Å². The second-order valence-corrected chi connectivity index (χ2v) is 8.73. The molecule has 0 saturated heterocycles. The normalized spacial score (nSPS) is 11.5. The van der Waals surface area contributed by atoms with Crippen molar-refractivity contribution in [2.45, 2.75) is 20.1 Å². The van der Waals surface area contributed by atoms with Gasteiger partial charge in [0.2, 0.25) is 10.5 Å². The van der Waals surface area contributed by atoms with E-state index in [1.807, 2.05) is 85.1 Å². The van der Waals surface area contributed by atoms with Gasteiger partial charge in [0.25, 0.3) is 5.56 Å². The lowest BCUT2D eigenvalue weighted by Crippen LogP contribution is -2.23. The van der Waals surface area contributed by atoms with E-state index >= 15 is 0 Å². The van der Waals surface area contributed by atoms with Crippen LogP contribution in [-0.4, -0.2) is 37.8 Å². The SMILES string of the molecule is COc1cccc(CN(C)Cn2nc3n(-c4ccccc4C)c(=O)c4ccccc4n3c2=S)c1. The Morgan fingerprint density at radius 2 is 1.79 bits per heavy atom. The van der Waals surface area contributed by atoms with Crippen LogP contribution in [0, 0.1) is 11.7 Å². The van der Waals surface area contributed by atoms with Gasteiger partial charge in [0, 0.05) is 6.54 Å². The molecule has 0 amide bonds. The van der Waals surface area contributed by atoms with Crippen molar-refractivity contribution in [1.82, 2.24) is 23.6 Å². The van der Waals surface area contributed by atoms with E-state index in [9.17, 15) is 4.79 Å². The smallest absolute Gasteiger partial charge is 0.267 e. The fourth-order valence-electron chi connectivity index (χ4n) is 4.30. The van der Waals surface area contributed by atoms with E-state index in [2.05, 4.69) is 11.0 Å². The molecule has 3 aromatic carbocycles. The molecule has 0 aliphatic rings. The number of benzene rings is 3. The van der Waals surface area contributed by atoms with E-state index in [1.54, 1.807) is 16.4 Å². The van der Waals surface area contributed by atoms with E-state index in [-0.39, 0.29) is 5.56 Å². The van der Waals surface area contributed by atoms with E-state index in [0.717, 1.165) is 28.1 Å². The fraction of sp³-hybridized carbons (Fsp3) is 0.192. The maximum absolute atomic E-state index is 13.6. The number of ether oxygens (including phenoxy) is 1. The summed E-state index contributed by atoms with van der Waals surface area (Å²) < 4.78 is 11.2. The Bertz CT molecular complexity index is 1630. The number of rotatable bonds is 6. The lowest BCUT2D eigenvalue weighted by molar-refractivity contribution is 0.244. The van der Waals surface area contributed by atoms with Crippen molar-refractivity contribution in [3.8, 4) is 11.4 Å². The molecule has 0 bridgehead atoms. The molecular formula is C26H25N5O2S. The zero-order chi connectivity index (χ0) is 23.8. The van der Waals surface area contributed by atoms with Crippen LogP contribution >= 0.6 is 12.2 Å². The summed E-state index contributed by atoms with van der Waals surface area (Å²) in [6.45, 7) is 3.15.